The number of benzene rings is 3. The smallest absolute Gasteiger partial charge is 0.261 e. The van der Waals surface area contributed by atoms with Crippen LogP contribution in [0.15, 0.2) is 109 Å². The first-order valence-electron chi connectivity index (χ1n) is 13.1. The number of amides is 1. The van der Waals surface area contributed by atoms with Crippen molar-refractivity contribution in [1.29, 1.82) is 5.26 Å². The maximum Gasteiger partial charge on any atom is 0.261 e. The minimum absolute atomic E-state index is 0.0338. The number of carbonyl (C=O) groups is 1. The number of halogens is 1. The van der Waals surface area contributed by atoms with E-state index in [2.05, 4.69) is 10.3 Å². The van der Waals surface area contributed by atoms with Crippen molar-refractivity contribution in [1.82, 2.24) is 24.6 Å². The third-order valence-electron chi connectivity index (χ3n) is 6.33. The number of para-hydroxylation sites is 1. The summed E-state index contributed by atoms with van der Waals surface area (Å²) in [7, 11) is 0. The molecule has 0 saturated carbocycles. The summed E-state index contributed by atoms with van der Waals surface area (Å²) < 4.78 is 23.6. The third kappa shape index (κ3) is 6.94. The highest BCUT2D eigenvalue weighted by Crippen LogP contribution is 2.29. The third-order valence-corrected chi connectivity index (χ3v) is 6.33. The predicted octanol–water partition coefficient (Wildman–Crippen LogP) is 5.57. The van der Waals surface area contributed by atoms with E-state index in [4.69, 9.17) is 9.84 Å². The Hall–Kier alpha value is -5.49. The summed E-state index contributed by atoms with van der Waals surface area (Å²) >= 11 is 0. The number of nitriles is 1. The zero-order valence-corrected chi connectivity index (χ0v) is 22.2. The topological polar surface area (TPSA) is 97.8 Å². The van der Waals surface area contributed by atoms with Crippen LogP contribution in [0, 0.1) is 17.1 Å². The molecule has 0 aliphatic rings. The lowest BCUT2D eigenvalue weighted by molar-refractivity contribution is -0.117. The van der Waals surface area contributed by atoms with Gasteiger partial charge in [0.15, 0.2) is 0 Å². The number of imidazole rings is 1. The average molecular weight is 547 g/mol. The molecular weight excluding hydrogens is 519 g/mol. The number of aromatic nitrogens is 4. The Bertz CT molecular complexity index is 1690. The SMILES string of the molecule is N#CC(=Cc1cn(-c2ccccc2)nc1-c1cccc(OCc2ccccc2F)c1)C(=O)NCCCn1ccnc1. The number of ether oxygens (including phenoxy) is 1. The van der Waals surface area contributed by atoms with Gasteiger partial charge in [-0.1, -0.05) is 48.5 Å². The minimum atomic E-state index is -0.460. The molecule has 204 valence electrons. The molecule has 41 heavy (non-hydrogen) atoms. The van der Waals surface area contributed by atoms with Gasteiger partial charge >= 0.3 is 0 Å². The van der Waals surface area contributed by atoms with Crippen LogP contribution in [0.25, 0.3) is 23.0 Å². The molecule has 0 unspecified atom stereocenters. The highest BCUT2D eigenvalue weighted by molar-refractivity contribution is 6.02. The molecule has 0 aliphatic heterocycles. The van der Waals surface area contributed by atoms with E-state index in [0.29, 0.717) is 42.1 Å². The number of nitrogens with zero attached hydrogens (tertiary/aromatic N) is 5. The van der Waals surface area contributed by atoms with Crippen LogP contribution in [-0.2, 0) is 17.9 Å². The van der Waals surface area contributed by atoms with E-state index in [-0.39, 0.29) is 18.0 Å². The molecule has 3 aromatic carbocycles. The number of hydrogen-bond donors (Lipinski definition) is 1. The Kier molecular flexibility index (Phi) is 8.62. The Morgan fingerprint density at radius 3 is 2.68 bits per heavy atom. The second-order valence-corrected chi connectivity index (χ2v) is 9.20. The summed E-state index contributed by atoms with van der Waals surface area (Å²) in [6.07, 6.45) is 9.29. The first-order chi connectivity index (χ1) is 20.1. The van der Waals surface area contributed by atoms with Crippen LogP contribution >= 0.6 is 0 Å². The zero-order chi connectivity index (χ0) is 28.4. The second kappa shape index (κ2) is 13.0. The van der Waals surface area contributed by atoms with E-state index in [1.165, 1.54) is 6.07 Å². The summed E-state index contributed by atoms with van der Waals surface area (Å²) in [5.74, 6) is -0.258. The van der Waals surface area contributed by atoms with Crippen molar-refractivity contribution in [2.45, 2.75) is 19.6 Å². The van der Waals surface area contributed by atoms with Crippen molar-refractivity contribution >= 4 is 12.0 Å². The molecule has 1 N–H and O–H groups in total. The molecule has 0 saturated heterocycles. The molecule has 9 heteroatoms. The van der Waals surface area contributed by atoms with Crippen molar-refractivity contribution in [2.24, 2.45) is 0 Å². The first kappa shape index (κ1) is 27.1. The van der Waals surface area contributed by atoms with Gasteiger partial charge in [0.25, 0.3) is 5.91 Å². The molecule has 0 bridgehead atoms. The molecule has 0 radical (unpaired) electrons. The number of hydrogen-bond acceptors (Lipinski definition) is 5. The lowest BCUT2D eigenvalue weighted by Crippen LogP contribution is -2.26. The molecule has 0 fully saturated rings. The van der Waals surface area contributed by atoms with Crippen LogP contribution in [0.4, 0.5) is 4.39 Å². The maximum atomic E-state index is 14.1. The van der Waals surface area contributed by atoms with Crippen LogP contribution < -0.4 is 10.1 Å². The minimum Gasteiger partial charge on any atom is -0.489 e. The Morgan fingerprint density at radius 1 is 1.07 bits per heavy atom. The van der Waals surface area contributed by atoms with Crippen molar-refractivity contribution in [3.8, 4) is 28.8 Å². The standard InChI is InChI=1S/C32H27FN6O2/c33-30-13-5-4-8-25(30)22-41-29-12-6-9-24(19-29)31-27(21-39(37-31)28-10-2-1-3-11-28)18-26(20-34)32(40)36-14-7-16-38-17-15-35-23-38/h1-6,8-13,15,17-19,21,23H,7,14,16,22H2,(H,36,40). The van der Waals surface area contributed by atoms with Crippen molar-refractivity contribution in [3.63, 3.8) is 0 Å². The molecule has 5 rings (SSSR count). The van der Waals surface area contributed by atoms with Gasteiger partial charge in [-0.3, -0.25) is 4.79 Å². The van der Waals surface area contributed by atoms with Gasteiger partial charge in [0.2, 0.25) is 0 Å². The van der Waals surface area contributed by atoms with Gasteiger partial charge < -0.3 is 14.6 Å². The first-order valence-corrected chi connectivity index (χ1v) is 13.1. The van der Waals surface area contributed by atoms with Gasteiger partial charge in [-0.25, -0.2) is 14.1 Å². The van der Waals surface area contributed by atoms with Crippen molar-refractivity contribution in [3.05, 3.63) is 126 Å². The molecule has 1 amide bonds. The van der Waals surface area contributed by atoms with Crippen LogP contribution in [0.2, 0.25) is 0 Å². The number of nitrogens with one attached hydrogen (secondary N) is 1. The zero-order valence-electron chi connectivity index (χ0n) is 22.2. The molecule has 0 atom stereocenters. The molecule has 2 aromatic heterocycles. The average Bonchev–Trinajstić information content (AvgIpc) is 3.69. The lowest BCUT2D eigenvalue weighted by atomic mass is 10.1. The van der Waals surface area contributed by atoms with Crippen LogP contribution in [0.3, 0.4) is 0 Å². The van der Waals surface area contributed by atoms with E-state index < -0.39 is 5.91 Å². The normalized spacial score (nSPS) is 11.2. The quantitative estimate of drug-likeness (QED) is 0.133. The van der Waals surface area contributed by atoms with Crippen molar-refractivity contribution in [2.75, 3.05) is 6.54 Å². The summed E-state index contributed by atoms with van der Waals surface area (Å²) in [6.45, 7) is 1.18. The summed E-state index contributed by atoms with van der Waals surface area (Å²) in [5, 5.41) is 17.4. The van der Waals surface area contributed by atoms with E-state index in [0.717, 1.165) is 11.3 Å². The van der Waals surface area contributed by atoms with Gasteiger partial charge in [-0.05, 0) is 42.8 Å². The van der Waals surface area contributed by atoms with E-state index in [1.807, 2.05) is 59.3 Å². The fourth-order valence-corrected chi connectivity index (χ4v) is 4.22. The van der Waals surface area contributed by atoms with Crippen LogP contribution in [0.1, 0.15) is 17.5 Å². The van der Waals surface area contributed by atoms with E-state index >= 15 is 0 Å². The summed E-state index contributed by atoms with van der Waals surface area (Å²) in [5.41, 5.74) is 3.10. The van der Waals surface area contributed by atoms with Gasteiger partial charge in [0.1, 0.15) is 35.5 Å². The Labute approximate surface area is 237 Å². The number of carbonyl (C=O) groups excluding carboxylic acids is 1. The van der Waals surface area contributed by atoms with Gasteiger partial charge in [-0.15, -0.1) is 0 Å². The van der Waals surface area contributed by atoms with E-state index in [9.17, 15) is 14.4 Å². The molecule has 2 heterocycles. The maximum absolute atomic E-state index is 14.1. The number of aryl methyl sites for hydroxylation is 1. The van der Waals surface area contributed by atoms with Crippen molar-refractivity contribution < 1.29 is 13.9 Å². The molecule has 5 aromatic rings. The second-order valence-electron chi connectivity index (χ2n) is 9.20. The molecular formula is C32H27FN6O2. The van der Waals surface area contributed by atoms with Gasteiger partial charge in [-0.2, -0.15) is 10.4 Å². The molecule has 0 spiro atoms. The highest BCUT2D eigenvalue weighted by Gasteiger charge is 2.16. The fourth-order valence-electron chi connectivity index (χ4n) is 4.22. The largest absolute Gasteiger partial charge is 0.489 e. The highest BCUT2D eigenvalue weighted by atomic mass is 19.1. The van der Waals surface area contributed by atoms with Crippen LogP contribution in [-0.4, -0.2) is 31.8 Å². The van der Waals surface area contributed by atoms with Gasteiger partial charge in [0.05, 0.1) is 12.0 Å². The Balaban J connectivity index is 1.40. The fraction of sp³-hybridized carbons (Fsp3) is 0.125. The summed E-state index contributed by atoms with van der Waals surface area (Å²) in [6, 6.07) is 25.3. The van der Waals surface area contributed by atoms with Crippen LogP contribution in [0.5, 0.6) is 5.75 Å². The van der Waals surface area contributed by atoms with E-state index in [1.54, 1.807) is 59.8 Å². The monoisotopic (exact) mass is 546 g/mol. The molecule has 8 nitrogen and oxygen atoms in total. The summed E-state index contributed by atoms with van der Waals surface area (Å²) in [4.78, 5) is 16.9. The van der Waals surface area contributed by atoms with Gasteiger partial charge in [0, 0.05) is 48.4 Å². The molecule has 0 aliphatic carbocycles. The Morgan fingerprint density at radius 2 is 1.90 bits per heavy atom. The predicted molar refractivity (Wildman–Crippen MR) is 153 cm³/mol. The lowest BCUT2D eigenvalue weighted by Gasteiger charge is -2.09. The number of rotatable bonds is 11.